The summed E-state index contributed by atoms with van der Waals surface area (Å²) in [4.78, 5) is 0. The highest BCUT2D eigenvalue weighted by molar-refractivity contribution is 4.89. The van der Waals surface area contributed by atoms with E-state index in [1.54, 1.807) is 0 Å². The first-order valence-electron chi connectivity index (χ1n) is 3.30. The van der Waals surface area contributed by atoms with E-state index < -0.39 is 0 Å². The molecular weight excluding hydrogens is 102 g/mol. The molecule has 0 unspecified atom stereocenters. The fourth-order valence-corrected chi connectivity index (χ4v) is 1.46. The Balaban J connectivity index is 2.01. The lowest BCUT2D eigenvalue weighted by atomic mass is 10.0. The highest BCUT2D eigenvalue weighted by Crippen LogP contribution is 2.31. The van der Waals surface area contributed by atoms with Gasteiger partial charge in [0.25, 0.3) is 0 Å². The molecule has 1 atom stereocenters. The van der Waals surface area contributed by atoms with Crippen LogP contribution in [-0.2, 0) is 4.74 Å². The van der Waals surface area contributed by atoms with Crippen LogP contribution >= 0.6 is 0 Å². The van der Waals surface area contributed by atoms with Gasteiger partial charge < -0.3 is 4.74 Å². The van der Waals surface area contributed by atoms with Gasteiger partial charge >= 0.3 is 0 Å². The molecule has 0 radical (unpaired) electrons. The molecule has 0 bridgehead atoms. The third-order valence-corrected chi connectivity index (χ3v) is 2.09. The van der Waals surface area contributed by atoms with Crippen molar-refractivity contribution in [2.45, 2.75) is 25.0 Å². The molecule has 8 heavy (non-hydrogen) atoms. The van der Waals surface area contributed by atoms with E-state index in [1.165, 1.54) is 19.3 Å². The standard InChI is InChI=1S/C6H11NO/c1-2-6(7-4-1)3-5-8-6/h7H,1-5H2/t6-/m1/s1. The number of hydrogen-bond acceptors (Lipinski definition) is 2. The number of hydrogen-bond donors (Lipinski definition) is 1. The molecule has 0 aromatic carbocycles. The van der Waals surface area contributed by atoms with Gasteiger partial charge in [0.1, 0.15) is 5.72 Å². The van der Waals surface area contributed by atoms with Crippen LogP contribution in [0.15, 0.2) is 0 Å². The topological polar surface area (TPSA) is 21.3 Å². The minimum Gasteiger partial charge on any atom is -0.360 e. The molecule has 0 amide bonds. The summed E-state index contributed by atoms with van der Waals surface area (Å²) in [5, 5.41) is 3.35. The van der Waals surface area contributed by atoms with Gasteiger partial charge in [-0.25, -0.2) is 0 Å². The second kappa shape index (κ2) is 1.45. The van der Waals surface area contributed by atoms with E-state index in [1.807, 2.05) is 0 Å². The summed E-state index contributed by atoms with van der Waals surface area (Å²) in [6, 6.07) is 0. The number of nitrogens with one attached hydrogen (secondary N) is 1. The Labute approximate surface area is 49.2 Å². The molecule has 0 aromatic rings. The van der Waals surface area contributed by atoms with Crippen LogP contribution in [0.1, 0.15) is 19.3 Å². The van der Waals surface area contributed by atoms with Crippen molar-refractivity contribution >= 4 is 0 Å². The van der Waals surface area contributed by atoms with Gasteiger partial charge in [-0.3, -0.25) is 5.32 Å². The maximum absolute atomic E-state index is 5.37. The minimum atomic E-state index is 0.167. The molecule has 2 fully saturated rings. The highest BCUT2D eigenvalue weighted by atomic mass is 16.5. The van der Waals surface area contributed by atoms with Gasteiger partial charge in [-0.2, -0.15) is 0 Å². The lowest BCUT2D eigenvalue weighted by molar-refractivity contribution is -0.156. The fourth-order valence-electron chi connectivity index (χ4n) is 1.46. The first kappa shape index (κ1) is 4.77. The smallest absolute Gasteiger partial charge is 0.121 e. The summed E-state index contributed by atoms with van der Waals surface area (Å²) in [6.07, 6.45) is 3.75. The number of ether oxygens (including phenoxy) is 1. The van der Waals surface area contributed by atoms with Crippen molar-refractivity contribution in [2.24, 2.45) is 0 Å². The van der Waals surface area contributed by atoms with E-state index in [2.05, 4.69) is 5.32 Å². The Morgan fingerprint density at radius 3 is 2.50 bits per heavy atom. The summed E-state index contributed by atoms with van der Waals surface area (Å²) in [5.41, 5.74) is 0.167. The highest BCUT2D eigenvalue weighted by Gasteiger charge is 2.40. The van der Waals surface area contributed by atoms with Crippen LogP contribution in [-0.4, -0.2) is 18.9 Å². The first-order chi connectivity index (χ1) is 3.91. The van der Waals surface area contributed by atoms with Crippen molar-refractivity contribution in [3.63, 3.8) is 0 Å². The quantitative estimate of drug-likeness (QED) is 0.493. The van der Waals surface area contributed by atoms with Gasteiger partial charge in [0.05, 0.1) is 6.61 Å². The van der Waals surface area contributed by atoms with Crippen LogP contribution in [0, 0.1) is 0 Å². The van der Waals surface area contributed by atoms with Crippen LogP contribution in [0.2, 0.25) is 0 Å². The van der Waals surface area contributed by atoms with Gasteiger partial charge in [-0.15, -0.1) is 0 Å². The van der Waals surface area contributed by atoms with Crippen LogP contribution < -0.4 is 5.32 Å². The summed E-state index contributed by atoms with van der Waals surface area (Å²) < 4.78 is 5.37. The average Bonchev–Trinajstić information content (AvgIpc) is 2.07. The van der Waals surface area contributed by atoms with Gasteiger partial charge in [0.15, 0.2) is 0 Å². The zero-order valence-corrected chi connectivity index (χ0v) is 4.94. The van der Waals surface area contributed by atoms with Crippen molar-refractivity contribution in [1.29, 1.82) is 0 Å². The Hall–Kier alpha value is -0.0800. The normalized spacial score (nSPS) is 45.0. The summed E-state index contributed by atoms with van der Waals surface area (Å²) >= 11 is 0. The number of rotatable bonds is 0. The Morgan fingerprint density at radius 2 is 2.25 bits per heavy atom. The van der Waals surface area contributed by atoms with E-state index >= 15 is 0 Å². The predicted octanol–water partition coefficient (Wildman–Crippen LogP) is 0.486. The van der Waals surface area contributed by atoms with Crippen molar-refractivity contribution < 1.29 is 4.74 Å². The van der Waals surface area contributed by atoms with Crippen molar-refractivity contribution in [1.82, 2.24) is 5.32 Å². The zero-order valence-electron chi connectivity index (χ0n) is 4.94. The van der Waals surface area contributed by atoms with Gasteiger partial charge in [0.2, 0.25) is 0 Å². The van der Waals surface area contributed by atoms with Crippen LogP contribution in [0.25, 0.3) is 0 Å². The van der Waals surface area contributed by atoms with E-state index in [-0.39, 0.29) is 5.72 Å². The lowest BCUT2D eigenvalue weighted by Gasteiger charge is -2.38. The van der Waals surface area contributed by atoms with Crippen molar-refractivity contribution in [3.05, 3.63) is 0 Å². The molecule has 0 saturated carbocycles. The summed E-state index contributed by atoms with van der Waals surface area (Å²) in [6.45, 7) is 2.12. The van der Waals surface area contributed by atoms with E-state index in [0.29, 0.717) is 0 Å². The van der Waals surface area contributed by atoms with Gasteiger partial charge in [0, 0.05) is 6.42 Å². The summed E-state index contributed by atoms with van der Waals surface area (Å²) in [7, 11) is 0. The molecule has 2 nitrogen and oxygen atoms in total. The SMILES string of the molecule is C1CN[C@@]2(C1)CCO2. The molecule has 2 rings (SSSR count). The minimum absolute atomic E-state index is 0.167. The first-order valence-corrected chi connectivity index (χ1v) is 3.30. The third-order valence-electron chi connectivity index (χ3n) is 2.09. The second-order valence-electron chi connectivity index (χ2n) is 2.62. The molecule has 2 heteroatoms. The molecule has 2 aliphatic heterocycles. The molecule has 2 saturated heterocycles. The molecule has 0 aromatic heterocycles. The molecular formula is C6H11NO. The van der Waals surface area contributed by atoms with Crippen LogP contribution in [0.4, 0.5) is 0 Å². The van der Waals surface area contributed by atoms with E-state index in [0.717, 1.165) is 13.2 Å². The Bertz CT molecular complexity index is 90.7. The molecule has 0 aliphatic carbocycles. The zero-order chi connectivity index (χ0) is 5.45. The monoisotopic (exact) mass is 113 g/mol. The van der Waals surface area contributed by atoms with Gasteiger partial charge in [-0.05, 0) is 19.4 Å². The molecule has 2 heterocycles. The molecule has 2 aliphatic rings. The molecule has 46 valence electrons. The summed E-state index contributed by atoms with van der Waals surface area (Å²) in [5.74, 6) is 0. The van der Waals surface area contributed by atoms with E-state index in [9.17, 15) is 0 Å². The predicted molar refractivity (Wildman–Crippen MR) is 30.5 cm³/mol. The maximum atomic E-state index is 5.37. The van der Waals surface area contributed by atoms with E-state index in [4.69, 9.17) is 4.74 Å². The lowest BCUT2D eigenvalue weighted by Crippen LogP contribution is -2.51. The van der Waals surface area contributed by atoms with Crippen LogP contribution in [0.5, 0.6) is 0 Å². The Morgan fingerprint density at radius 1 is 1.38 bits per heavy atom. The van der Waals surface area contributed by atoms with Crippen molar-refractivity contribution in [2.75, 3.05) is 13.2 Å². The Kier molecular flexibility index (Phi) is 0.866. The van der Waals surface area contributed by atoms with Crippen molar-refractivity contribution in [3.8, 4) is 0 Å². The molecule has 1 N–H and O–H groups in total. The van der Waals surface area contributed by atoms with Crippen LogP contribution in [0.3, 0.4) is 0 Å². The van der Waals surface area contributed by atoms with Gasteiger partial charge in [-0.1, -0.05) is 0 Å². The fraction of sp³-hybridized carbons (Fsp3) is 1.00. The maximum Gasteiger partial charge on any atom is 0.121 e. The largest absolute Gasteiger partial charge is 0.360 e. The second-order valence-corrected chi connectivity index (χ2v) is 2.62. The average molecular weight is 113 g/mol. The third kappa shape index (κ3) is 0.501. The molecule has 1 spiro atoms.